The van der Waals surface area contributed by atoms with E-state index in [2.05, 4.69) is 21.2 Å². The van der Waals surface area contributed by atoms with Gasteiger partial charge < -0.3 is 16.2 Å². The van der Waals surface area contributed by atoms with Crippen molar-refractivity contribution in [2.24, 2.45) is 5.73 Å². The lowest BCUT2D eigenvalue weighted by atomic mass is 10.2. The summed E-state index contributed by atoms with van der Waals surface area (Å²) in [7, 11) is 0. The zero-order chi connectivity index (χ0) is 11.3. The maximum Gasteiger partial charge on any atom is 0.326 e. The largest absolute Gasteiger partial charge is 0.480 e. The first-order valence-corrected chi connectivity index (χ1v) is 4.71. The van der Waals surface area contributed by atoms with E-state index in [1.54, 1.807) is 6.92 Å². The number of nitrogens with one attached hydrogen (secondary N) is 1. The predicted octanol–water partition coefficient (Wildman–Crippen LogP) is -0.785. The Morgan fingerprint density at radius 3 is 2.29 bits per heavy atom. The third-order valence-electron chi connectivity index (χ3n) is 1.38. The molecule has 2 amide bonds. The molecule has 4 N–H and O–H groups in total. The van der Waals surface area contributed by atoms with Crippen LogP contribution in [0.2, 0.25) is 0 Å². The van der Waals surface area contributed by atoms with Gasteiger partial charge in [0.15, 0.2) is 0 Å². The highest BCUT2D eigenvalue weighted by Gasteiger charge is 2.23. The maximum absolute atomic E-state index is 11.1. The van der Waals surface area contributed by atoms with Crippen molar-refractivity contribution in [3.63, 3.8) is 0 Å². The lowest BCUT2D eigenvalue weighted by Gasteiger charge is -2.13. The summed E-state index contributed by atoms with van der Waals surface area (Å²) in [6, 6.07) is -1.26. The first kappa shape index (κ1) is 12.9. The van der Waals surface area contributed by atoms with Crippen LogP contribution in [0.3, 0.4) is 0 Å². The van der Waals surface area contributed by atoms with Crippen LogP contribution in [0, 0.1) is 0 Å². The molecule has 0 spiro atoms. The Morgan fingerprint density at radius 2 is 2.00 bits per heavy atom. The van der Waals surface area contributed by atoms with Crippen molar-refractivity contribution in [3.8, 4) is 0 Å². The zero-order valence-corrected chi connectivity index (χ0v) is 9.08. The van der Waals surface area contributed by atoms with Gasteiger partial charge in [0.2, 0.25) is 11.8 Å². The molecular weight excluding hydrogens is 256 g/mol. The van der Waals surface area contributed by atoms with Gasteiger partial charge in [-0.1, -0.05) is 15.9 Å². The number of alkyl halides is 1. The highest BCUT2D eigenvalue weighted by molar-refractivity contribution is 9.10. The van der Waals surface area contributed by atoms with Gasteiger partial charge >= 0.3 is 5.97 Å². The normalized spacial score (nSPS) is 14.1. The summed E-state index contributed by atoms with van der Waals surface area (Å²) in [5.74, 6) is -2.57. The summed E-state index contributed by atoms with van der Waals surface area (Å²) in [5, 5.41) is 10.8. The molecule has 0 aliphatic rings. The molecule has 0 heterocycles. The van der Waals surface area contributed by atoms with E-state index in [4.69, 9.17) is 10.8 Å². The van der Waals surface area contributed by atoms with Crippen LogP contribution < -0.4 is 11.1 Å². The molecule has 1 unspecified atom stereocenters. The van der Waals surface area contributed by atoms with Gasteiger partial charge in [0.05, 0.1) is 11.2 Å². The molecule has 0 aromatic carbocycles. The Morgan fingerprint density at radius 1 is 1.50 bits per heavy atom. The molecule has 0 aliphatic carbocycles. The van der Waals surface area contributed by atoms with Crippen LogP contribution in [0.5, 0.6) is 0 Å². The zero-order valence-electron chi connectivity index (χ0n) is 7.49. The molecule has 7 heteroatoms. The van der Waals surface area contributed by atoms with Gasteiger partial charge in [-0.2, -0.15) is 0 Å². The van der Waals surface area contributed by atoms with Crippen molar-refractivity contribution in [2.75, 3.05) is 0 Å². The first-order chi connectivity index (χ1) is 6.34. The number of carboxylic acids is 1. The average Bonchev–Trinajstić information content (AvgIpc) is 2.01. The molecule has 2 atom stereocenters. The lowest BCUT2D eigenvalue weighted by molar-refractivity contribution is -0.143. The van der Waals surface area contributed by atoms with Crippen LogP contribution in [0.4, 0.5) is 0 Å². The number of rotatable bonds is 5. The second-order valence-corrected chi connectivity index (χ2v) is 4.06. The fourth-order valence-corrected chi connectivity index (χ4v) is 0.820. The van der Waals surface area contributed by atoms with E-state index < -0.39 is 35.1 Å². The van der Waals surface area contributed by atoms with Crippen LogP contribution in [0.1, 0.15) is 13.3 Å². The molecule has 0 aromatic rings. The predicted molar refractivity (Wildman–Crippen MR) is 51.8 cm³/mol. The van der Waals surface area contributed by atoms with Gasteiger partial charge in [-0.25, -0.2) is 4.79 Å². The minimum Gasteiger partial charge on any atom is -0.480 e. The topological polar surface area (TPSA) is 109 Å². The third kappa shape index (κ3) is 4.80. The first-order valence-electron chi connectivity index (χ1n) is 3.80. The molecule has 6 nitrogen and oxygen atoms in total. The van der Waals surface area contributed by atoms with Gasteiger partial charge in [-0.15, -0.1) is 0 Å². The highest BCUT2D eigenvalue weighted by Crippen LogP contribution is 1.99. The number of aliphatic carboxylic acids is 1. The Labute approximate surface area is 89.0 Å². The van der Waals surface area contributed by atoms with Gasteiger partial charge in [0, 0.05) is 0 Å². The van der Waals surface area contributed by atoms with E-state index in [0.717, 1.165) is 0 Å². The smallest absolute Gasteiger partial charge is 0.326 e. The average molecular weight is 267 g/mol. The molecule has 80 valence electrons. The summed E-state index contributed by atoms with van der Waals surface area (Å²) in [6.45, 7) is 1.54. The number of amides is 2. The van der Waals surface area contributed by atoms with E-state index in [1.807, 2.05) is 0 Å². The number of hydrogen-bond acceptors (Lipinski definition) is 3. The van der Waals surface area contributed by atoms with Crippen molar-refractivity contribution < 1.29 is 19.5 Å². The Hall–Kier alpha value is -1.11. The van der Waals surface area contributed by atoms with E-state index in [-0.39, 0.29) is 0 Å². The van der Waals surface area contributed by atoms with Crippen molar-refractivity contribution in [3.05, 3.63) is 0 Å². The minimum atomic E-state index is -1.29. The molecule has 14 heavy (non-hydrogen) atoms. The van der Waals surface area contributed by atoms with Gasteiger partial charge in [0.1, 0.15) is 6.04 Å². The third-order valence-corrected chi connectivity index (χ3v) is 1.80. The number of nitrogens with two attached hydrogens (primary N) is 1. The van der Waals surface area contributed by atoms with Crippen LogP contribution >= 0.6 is 15.9 Å². The fourth-order valence-electron chi connectivity index (χ4n) is 0.688. The van der Waals surface area contributed by atoms with E-state index in [1.165, 1.54) is 0 Å². The fraction of sp³-hybridized carbons (Fsp3) is 0.571. The summed E-state index contributed by atoms with van der Waals surface area (Å²) >= 11 is 2.96. The van der Waals surface area contributed by atoms with Gasteiger partial charge in [-0.3, -0.25) is 9.59 Å². The standard InChI is InChI=1S/C7H11BrN2O4/c1-3(8)6(12)10-4(7(13)14)2-5(9)11/h3-4H,2H2,1H3,(H2,9,11)(H,10,12)(H,13,14)/t3?,4-/m0/s1. The Bertz CT molecular complexity index is 254. The van der Waals surface area contributed by atoms with Crippen LogP contribution in [-0.2, 0) is 14.4 Å². The van der Waals surface area contributed by atoms with E-state index in [9.17, 15) is 14.4 Å². The number of carboxylic acid groups (broad SMARTS) is 1. The molecule has 0 rings (SSSR count). The molecule has 0 fully saturated rings. The van der Waals surface area contributed by atoms with Crippen LogP contribution in [0.15, 0.2) is 0 Å². The van der Waals surface area contributed by atoms with E-state index in [0.29, 0.717) is 0 Å². The van der Waals surface area contributed by atoms with E-state index >= 15 is 0 Å². The van der Waals surface area contributed by atoms with Crippen molar-refractivity contribution in [2.45, 2.75) is 24.2 Å². The molecular formula is C7H11BrN2O4. The number of carbonyl (C=O) groups is 3. The Balaban J connectivity index is 4.31. The minimum absolute atomic E-state index is 0.416. The van der Waals surface area contributed by atoms with Gasteiger partial charge in [0.25, 0.3) is 0 Å². The summed E-state index contributed by atoms with van der Waals surface area (Å²) in [5.41, 5.74) is 4.82. The lowest BCUT2D eigenvalue weighted by Crippen LogP contribution is -2.45. The number of primary amides is 1. The second kappa shape index (κ2) is 5.58. The SMILES string of the molecule is CC(Br)C(=O)N[C@@H](CC(N)=O)C(=O)O. The Kier molecular flexibility index (Phi) is 5.14. The molecule has 0 radical (unpaired) electrons. The highest BCUT2D eigenvalue weighted by atomic mass is 79.9. The molecule has 0 bridgehead atoms. The van der Waals surface area contributed by atoms with Crippen molar-refractivity contribution >= 4 is 33.7 Å². The number of carbonyl (C=O) groups excluding carboxylic acids is 2. The van der Waals surface area contributed by atoms with Crippen molar-refractivity contribution in [1.29, 1.82) is 0 Å². The molecule has 0 aliphatic heterocycles. The van der Waals surface area contributed by atoms with Crippen LogP contribution in [-0.4, -0.2) is 33.8 Å². The maximum atomic E-state index is 11.1. The summed E-state index contributed by atoms with van der Waals surface area (Å²) < 4.78 is 0. The number of hydrogen-bond donors (Lipinski definition) is 3. The summed E-state index contributed by atoms with van der Waals surface area (Å²) in [4.78, 5) is 31.6. The molecule has 0 saturated carbocycles. The monoisotopic (exact) mass is 266 g/mol. The second-order valence-electron chi connectivity index (χ2n) is 2.69. The van der Waals surface area contributed by atoms with Crippen molar-refractivity contribution in [1.82, 2.24) is 5.32 Å². The van der Waals surface area contributed by atoms with Crippen LogP contribution in [0.25, 0.3) is 0 Å². The van der Waals surface area contributed by atoms with Gasteiger partial charge in [-0.05, 0) is 6.92 Å². The molecule has 0 saturated heterocycles. The molecule has 0 aromatic heterocycles. The summed E-state index contributed by atoms with van der Waals surface area (Å²) in [6.07, 6.45) is -0.416. The quantitative estimate of drug-likeness (QED) is 0.567. The number of halogens is 1.